The molecule has 3 aromatic rings. The van der Waals surface area contributed by atoms with Gasteiger partial charge in [-0.2, -0.15) is 0 Å². The van der Waals surface area contributed by atoms with Gasteiger partial charge in [0.05, 0.1) is 17.8 Å². The number of halogens is 1. The van der Waals surface area contributed by atoms with Crippen molar-refractivity contribution in [2.75, 3.05) is 0 Å². The van der Waals surface area contributed by atoms with Gasteiger partial charge in [0.25, 0.3) is 0 Å². The number of aryl methyl sites for hydroxylation is 2. The Morgan fingerprint density at radius 2 is 2.00 bits per heavy atom. The summed E-state index contributed by atoms with van der Waals surface area (Å²) in [5, 5.41) is 3.08. The average Bonchev–Trinajstić information content (AvgIpc) is 3.28. The largest absolute Gasteiger partial charge is 0.441 e. The number of hydrogen-bond donors (Lipinski definition) is 1. The fraction of sp³-hybridized carbons (Fsp3) is 0.238. The summed E-state index contributed by atoms with van der Waals surface area (Å²) < 4.78 is 19.4. The Morgan fingerprint density at radius 1 is 1.19 bits per heavy atom. The zero-order valence-corrected chi connectivity index (χ0v) is 14.2. The predicted octanol–water partition coefficient (Wildman–Crippen LogP) is 4.22. The van der Waals surface area contributed by atoms with Crippen molar-refractivity contribution in [3.8, 4) is 11.3 Å². The Bertz CT molecular complexity index is 935. The number of carbonyl (C=O) groups excluding carboxylic acids is 1. The van der Waals surface area contributed by atoms with Crippen LogP contribution >= 0.6 is 0 Å². The SMILES string of the molecule is O=C(CCc1ncc(-c2ccccc2F)o1)NC1CCc2ccccc21. The minimum atomic E-state index is -0.354. The van der Waals surface area contributed by atoms with Crippen LogP contribution in [0.1, 0.15) is 35.9 Å². The molecular weight excluding hydrogens is 331 g/mol. The van der Waals surface area contributed by atoms with Gasteiger partial charge in [0, 0.05) is 12.8 Å². The van der Waals surface area contributed by atoms with Crippen LogP contribution in [0.25, 0.3) is 11.3 Å². The Morgan fingerprint density at radius 3 is 2.88 bits per heavy atom. The van der Waals surface area contributed by atoms with Crippen molar-refractivity contribution in [3.63, 3.8) is 0 Å². The van der Waals surface area contributed by atoms with E-state index in [4.69, 9.17) is 4.42 Å². The Labute approximate surface area is 151 Å². The Balaban J connectivity index is 1.35. The zero-order valence-electron chi connectivity index (χ0n) is 14.2. The second-order valence-electron chi connectivity index (χ2n) is 6.46. The van der Waals surface area contributed by atoms with Crippen molar-refractivity contribution < 1.29 is 13.6 Å². The number of oxazole rings is 1. The van der Waals surface area contributed by atoms with Crippen LogP contribution in [0.2, 0.25) is 0 Å². The second kappa shape index (κ2) is 7.12. The van der Waals surface area contributed by atoms with E-state index in [1.807, 2.05) is 12.1 Å². The van der Waals surface area contributed by atoms with E-state index in [-0.39, 0.29) is 24.2 Å². The maximum absolute atomic E-state index is 13.8. The smallest absolute Gasteiger partial charge is 0.220 e. The molecule has 2 aromatic carbocycles. The monoisotopic (exact) mass is 350 g/mol. The van der Waals surface area contributed by atoms with Gasteiger partial charge in [-0.25, -0.2) is 9.37 Å². The van der Waals surface area contributed by atoms with Crippen molar-refractivity contribution in [2.45, 2.75) is 31.7 Å². The molecule has 0 bridgehead atoms. The van der Waals surface area contributed by atoms with Crippen LogP contribution in [-0.4, -0.2) is 10.9 Å². The normalized spacial score (nSPS) is 15.7. The molecule has 0 spiro atoms. The van der Waals surface area contributed by atoms with E-state index in [2.05, 4.69) is 22.4 Å². The number of aromatic nitrogens is 1. The van der Waals surface area contributed by atoms with E-state index >= 15 is 0 Å². The van der Waals surface area contributed by atoms with Gasteiger partial charge in [-0.1, -0.05) is 36.4 Å². The molecule has 1 aliphatic rings. The second-order valence-corrected chi connectivity index (χ2v) is 6.46. The summed E-state index contributed by atoms with van der Waals surface area (Å²) in [7, 11) is 0. The molecule has 1 unspecified atom stereocenters. The van der Waals surface area contributed by atoms with Crippen LogP contribution in [0.3, 0.4) is 0 Å². The van der Waals surface area contributed by atoms with E-state index < -0.39 is 0 Å². The van der Waals surface area contributed by atoms with Crippen LogP contribution in [0.15, 0.2) is 59.1 Å². The number of fused-ring (bicyclic) bond motifs is 1. The molecule has 0 saturated carbocycles. The summed E-state index contributed by atoms with van der Waals surface area (Å²) in [6, 6.07) is 14.7. The molecule has 5 heteroatoms. The highest BCUT2D eigenvalue weighted by molar-refractivity contribution is 5.76. The Kier molecular flexibility index (Phi) is 4.52. The van der Waals surface area contributed by atoms with Gasteiger partial charge in [0.15, 0.2) is 11.7 Å². The van der Waals surface area contributed by atoms with Gasteiger partial charge in [0.2, 0.25) is 5.91 Å². The average molecular weight is 350 g/mol. The molecule has 1 heterocycles. The summed E-state index contributed by atoms with van der Waals surface area (Å²) >= 11 is 0. The molecule has 1 aliphatic carbocycles. The van der Waals surface area contributed by atoms with Gasteiger partial charge >= 0.3 is 0 Å². The van der Waals surface area contributed by atoms with Crippen LogP contribution in [0, 0.1) is 5.82 Å². The molecule has 4 nitrogen and oxygen atoms in total. The van der Waals surface area contributed by atoms with Crippen LogP contribution < -0.4 is 5.32 Å². The highest BCUT2D eigenvalue weighted by atomic mass is 19.1. The van der Waals surface area contributed by atoms with Crippen LogP contribution in [0.5, 0.6) is 0 Å². The third-order valence-electron chi connectivity index (χ3n) is 4.73. The molecular formula is C21H19FN2O2. The fourth-order valence-corrected chi connectivity index (χ4v) is 3.41. The van der Waals surface area contributed by atoms with Crippen LogP contribution in [-0.2, 0) is 17.6 Å². The Hall–Kier alpha value is -2.95. The predicted molar refractivity (Wildman–Crippen MR) is 95.9 cm³/mol. The molecule has 0 saturated heterocycles. The van der Waals surface area contributed by atoms with E-state index in [0.29, 0.717) is 23.6 Å². The van der Waals surface area contributed by atoms with Gasteiger partial charge < -0.3 is 9.73 Å². The van der Waals surface area contributed by atoms with Gasteiger partial charge in [-0.15, -0.1) is 0 Å². The molecule has 1 aromatic heterocycles. The quantitative estimate of drug-likeness (QED) is 0.750. The molecule has 1 amide bonds. The summed E-state index contributed by atoms with van der Waals surface area (Å²) in [5.74, 6) is 0.429. The fourth-order valence-electron chi connectivity index (χ4n) is 3.41. The number of nitrogens with one attached hydrogen (secondary N) is 1. The minimum absolute atomic E-state index is 0.0302. The number of nitrogens with zero attached hydrogens (tertiary/aromatic N) is 1. The molecule has 1 N–H and O–H groups in total. The van der Waals surface area contributed by atoms with Crippen molar-refractivity contribution in [1.82, 2.24) is 10.3 Å². The minimum Gasteiger partial charge on any atom is -0.441 e. The topological polar surface area (TPSA) is 55.1 Å². The standard InChI is InChI=1S/C21H19FN2O2/c22-17-8-4-3-7-16(17)19-13-23-21(26-19)12-11-20(25)24-18-10-9-14-5-1-2-6-15(14)18/h1-8,13,18H,9-12H2,(H,24,25). The third kappa shape index (κ3) is 3.38. The molecule has 4 rings (SSSR count). The lowest BCUT2D eigenvalue weighted by atomic mass is 10.1. The van der Waals surface area contributed by atoms with Crippen molar-refractivity contribution in [3.05, 3.63) is 77.6 Å². The molecule has 1 atom stereocenters. The number of amides is 1. The van der Waals surface area contributed by atoms with E-state index in [1.54, 1.807) is 18.2 Å². The summed E-state index contributed by atoms with van der Waals surface area (Å²) in [5.41, 5.74) is 2.89. The summed E-state index contributed by atoms with van der Waals surface area (Å²) in [4.78, 5) is 16.4. The highest BCUT2D eigenvalue weighted by Crippen LogP contribution is 2.30. The molecule has 0 fully saturated rings. The number of benzene rings is 2. The lowest BCUT2D eigenvalue weighted by Gasteiger charge is -2.13. The van der Waals surface area contributed by atoms with Gasteiger partial charge in [-0.05, 0) is 36.1 Å². The van der Waals surface area contributed by atoms with E-state index in [9.17, 15) is 9.18 Å². The molecule has 0 radical (unpaired) electrons. The van der Waals surface area contributed by atoms with Crippen molar-refractivity contribution >= 4 is 5.91 Å². The van der Waals surface area contributed by atoms with Crippen molar-refractivity contribution in [2.24, 2.45) is 0 Å². The first-order valence-corrected chi connectivity index (χ1v) is 8.77. The molecule has 26 heavy (non-hydrogen) atoms. The van der Waals surface area contributed by atoms with Crippen molar-refractivity contribution in [1.29, 1.82) is 0 Å². The number of hydrogen-bond acceptors (Lipinski definition) is 3. The molecule has 132 valence electrons. The molecule has 0 aliphatic heterocycles. The van der Waals surface area contributed by atoms with Gasteiger partial charge in [0.1, 0.15) is 5.82 Å². The third-order valence-corrected chi connectivity index (χ3v) is 4.73. The first kappa shape index (κ1) is 16.5. The first-order valence-electron chi connectivity index (χ1n) is 8.77. The number of carbonyl (C=O) groups is 1. The van der Waals surface area contributed by atoms with Gasteiger partial charge in [-0.3, -0.25) is 4.79 Å². The first-order chi connectivity index (χ1) is 12.7. The van der Waals surface area contributed by atoms with Crippen LogP contribution in [0.4, 0.5) is 4.39 Å². The highest BCUT2D eigenvalue weighted by Gasteiger charge is 2.23. The maximum Gasteiger partial charge on any atom is 0.220 e. The summed E-state index contributed by atoms with van der Waals surface area (Å²) in [6.45, 7) is 0. The lowest BCUT2D eigenvalue weighted by molar-refractivity contribution is -0.121. The van der Waals surface area contributed by atoms with E-state index in [1.165, 1.54) is 23.4 Å². The maximum atomic E-state index is 13.8. The summed E-state index contributed by atoms with van der Waals surface area (Å²) in [6.07, 6.45) is 4.10. The van der Waals surface area contributed by atoms with E-state index in [0.717, 1.165) is 12.8 Å². The lowest BCUT2D eigenvalue weighted by Crippen LogP contribution is -2.27. The zero-order chi connectivity index (χ0) is 17.9. The number of rotatable bonds is 5.